The molecule has 5 heteroatoms. The van der Waals surface area contributed by atoms with Gasteiger partial charge in [-0.2, -0.15) is 0 Å². The summed E-state index contributed by atoms with van der Waals surface area (Å²) in [6, 6.07) is 3.62. The molecule has 0 aliphatic rings. The van der Waals surface area contributed by atoms with Crippen LogP contribution in [0.25, 0.3) is 0 Å². The minimum absolute atomic E-state index is 0.00401. The van der Waals surface area contributed by atoms with Crippen molar-refractivity contribution in [3.8, 4) is 5.75 Å². The zero-order chi connectivity index (χ0) is 10.6. The van der Waals surface area contributed by atoms with Gasteiger partial charge in [-0.25, -0.2) is 4.39 Å². The Morgan fingerprint density at radius 3 is 2.93 bits per heavy atom. The molecule has 0 heterocycles. The summed E-state index contributed by atoms with van der Waals surface area (Å²) >= 11 is 0. The number of hydrogen-bond acceptors (Lipinski definition) is 3. The average Bonchev–Trinajstić information content (AvgIpc) is 2.10. The number of phenolic OH excluding ortho intramolecular Hbond substituents is 1. The number of carbonyl (C=O) groups excluding carboxylic acids is 1. The van der Waals surface area contributed by atoms with Crippen LogP contribution in [0.15, 0.2) is 18.2 Å². The number of primary amides is 1. The predicted octanol–water partition coefficient (Wildman–Crippen LogP) is 0.106. The Kier molecular flexibility index (Phi) is 3.41. The smallest absolute Gasteiger partial charge is 0.231 e. The molecule has 4 N–H and O–H groups in total. The summed E-state index contributed by atoms with van der Waals surface area (Å²) in [5.74, 6) is -0.942. The maximum atomic E-state index is 12.7. The Morgan fingerprint density at radius 1 is 1.57 bits per heavy atom. The van der Waals surface area contributed by atoms with E-state index >= 15 is 0 Å². The molecule has 1 aromatic carbocycles. The first-order valence-electron chi connectivity index (χ1n) is 4.06. The number of carbonyl (C=O) groups is 1. The van der Waals surface area contributed by atoms with E-state index in [0.717, 1.165) is 6.07 Å². The van der Waals surface area contributed by atoms with Crippen LogP contribution in [0.1, 0.15) is 5.56 Å². The molecule has 1 rings (SSSR count). The van der Waals surface area contributed by atoms with E-state index in [1.807, 2.05) is 0 Å². The third-order valence-electron chi connectivity index (χ3n) is 1.66. The van der Waals surface area contributed by atoms with E-state index in [4.69, 9.17) is 5.73 Å². The number of hydrogen-bond donors (Lipinski definition) is 3. The topological polar surface area (TPSA) is 75.4 Å². The van der Waals surface area contributed by atoms with Gasteiger partial charge in [0.1, 0.15) is 11.6 Å². The van der Waals surface area contributed by atoms with Gasteiger partial charge in [0.25, 0.3) is 0 Å². The van der Waals surface area contributed by atoms with Gasteiger partial charge in [-0.1, -0.05) is 0 Å². The molecule has 0 aliphatic carbocycles. The van der Waals surface area contributed by atoms with Crippen molar-refractivity contribution >= 4 is 5.91 Å². The first kappa shape index (κ1) is 10.5. The van der Waals surface area contributed by atoms with E-state index in [9.17, 15) is 14.3 Å². The van der Waals surface area contributed by atoms with Crippen molar-refractivity contribution in [2.24, 2.45) is 5.73 Å². The second kappa shape index (κ2) is 4.57. The van der Waals surface area contributed by atoms with Gasteiger partial charge in [0.05, 0.1) is 6.54 Å². The van der Waals surface area contributed by atoms with Gasteiger partial charge in [0, 0.05) is 12.1 Å². The van der Waals surface area contributed by atoms with Crippen LogP contribution in [-0.4, -0.2) is 17.6 Å². The minimum Gasteiger partial charge on any atom is -0.508 e. The van der Waals surface area contributed by atoms with E-state index in [2.05, 4.69) is 5.32 Å². The van der Waals surface area contributed by atoms with Crippen molar-refractivity contribution in [1.29, 1.82) is 0 Å². The first-order valence-corrected chi connectivity index (χ1v) is 4.06. The maximum absolute atomic E-state index is 12.7. The molecular weight excluding hydrogens is 187 g/mol. The Morgan fingerprint density at radius 2 is 2.29 bits per heavy atom. The van der Waals surface area contributed by atoms with Gasteiger partial charge in [-0.05, 0) is 18.2 Å². The number of nitrogens with one attached hydrogen (secondary N) is 1. The molecule has 0 atom stereocenters. The largest absolute Gasteiger partial charge is 0.508 e. The second-order valence-corrected chi connectivity index (χ2v) is 2.84. The summed E-state index contributed by atoms with van der Waals surface area (Å²) in [7, 11) is 0. The molecule has 14 heavy (non-hydrogen) atoms. The molecule has 0 saturated carbocycles. The third-order valence-corrected chi connectivity index (χ3v) is 1.66. The van der Waals surface area contributed by atoms with Gasteiger partial charge in [-0.15, -0.1) is 0 Å². The number of rotatable bonds is 4. The van der Waals surface area contributed by atoms with E-state index in [1.54, 1.807) is 0 Å². The van der Waals surface area contributed by atoms with Crippen LogP contribution in [0.5, 0.6) is 5.75 Å². The predicted molar refractivity (Wildman–Crippen MR) is 49.0 cm³/mol. The van der Waals surface area contributed by atoms with Crippen molar-refractivity contribution in [1.82, 2.24) is 5.32 Å². The SMILES string of the molecule is NC(=O)CNCc1cc(F)ccc1O. The van der Waals surface area contributed by atoms with Crippen molar-refractivity contribution in [3.63, 3.8) is 0 Å². The number of amides is 1. The zero-order valence-electron chi connectivity index (χ0n) is 7.46. The zero-order valence-corrected chi connectivity index (χ0v) is 7.46. The maximum Gasteiger partial charge on any atom is 0.231 e. The Hall–Kier alpha value is -1.62. The van der Waals surface area contributed by atoms with E-state index < -0.39 is 11.7 Å². The highest BCUT2D eigenvalue weighted by molar-refractivity contribution is 5.75. The lowest BCUT2D eigenvalue weighted by Crippen LogP contribution is -2.28. The summed E-state index contributed by atoms with van der Waals surface area (Å²) in [5.41, 5.74) is 5.28. The first-order chi connectivity index (χ1) is 6.59. The Labute approximate surface area is 80.5 Å². The van der Waals surface area contributed by atoms with Gasteiger partial charge in [0.15, 0.2) is 0 Å². The summed E-state index contributed by atoms with van der Waals surface area (Å²) in [6.07, 6.45) is 0. The highest BCUT2D eigenvalue weighted by Gasteiger charge is 2.02. The van der Waals surface area contributed by atoms with Crippen LogP contribution in [0.3, 0.4) is 0 Å². The number of aromatic hydroxyl groups is 1. The van der Waals surface area contributed by atoms with Gasteiger partial charge in [0.2, 0.25) is 5.91 Å². The molecule has 0 fully saturated rings. The van der Waals surface area contributed by atoms with E-state index in [-0.39, 0.29) is 18.8 Å². The number of halogens is 1. The number of benzene rings is 1. The molecule has 0 radical (unpaired) electrons. The average molecular weight is 198 g/mol. The fourth-order valence-corrected chi connectivity index (χ4v) is 1.02. The van der Waals surface area contributed by atoms with Crippen molar-refractivity contribution in [3.05, 3.63) is 29.6 Å². The fraction of sp³-hybridized carbons (Fsp3) is 0.222. The lowest BCUT2D eigenvalue weighted by Gasteiger charge is -2.04. The summed E-state index contributed by atoms with van der Waals surface area (Å²) in [5, 5.41) is 11.9. The normalized spacial score (nSPS) is 10.1. The van der Waals surface area contributed by atoms with Crippen LogP contribution in [-0.2, 0) is 11.3 Å². The van der Waals surface area contributed by atoms with Gasteiger partial charge < -0.3 is 16.2 Å². The van der Waals surface area contributed by atoms with Gasteiger partial charge >= 0.3 is 0 Å². The molecule has 1 aromatic rings. The molecule has 0 spiro atoms. The van der Waals surface area contributed by atoms with Crippen LogP contribution >= 0.6 is 0 Å². The van der Waals surface area contributed by atoms with Crippen molar-refractivity contribution in [2.45, 2.75) is 6.54 Å². The van der Waals surface area contributed by atoms with Crippen LogP contribution in [0.2, 0.25) is 0 Å². The van der Waals surface area contributed by atoms with Gasteiger partial charge in [-0.3, -0.25) is 4.79 Å². The molecule has 4 nitrogen and oxygen atoms in total. The molecule has 0 saturated heterocycles. The van der Waals surface area contributed by atoms with Crippen LogP contribution < -0.4 is 11.1 Å². The third kappa shape index (κ3) is 3.02. The number of nitrogens with two attached hydrogens (primary N) is 1. The lowest BCUT2D eigenvalue weighted by molar-refractivity contribution is -0.117. The summed E-state index contributed by atoms with van der Waals surface area (Å²) in [4.78, 5) is 10.4. The van der Waals surface area contributed by atoms with E-state index in [0.29, 0.717) is 5.56 Å². The fourth-order valence-electron chi connectivity index (χ4n) is 1.02. The molecule has 1 amide bonds. The Balaban J connectivity index is 2.57. The Bertz CT molecular complexity index is 342. The van der Waals surface area contributed by atoms with Crippen molar-refractivity contribution in [2.75, 3.05) is 6.54 Å². The summed E-state index contributed by atoms with van der Waals surface area (Å²) in [6.45, 7) is 0.197. The van der Waals surface area contributed by atoms with Crippen molar-refractivity contribution < 1.29 is 14.3 Å². The monoisotopic (exact) mass is 198 g/mol. The molecule has 76 valence electrons. The molecule has 0 aliphatic heterocycles. The number of phenols is 1. The molecule has 0 unspecified atom stereocenters. The highest BCUT2D eigenvalue weighted by atomic mass is 19.1. The molecule has 0 bridgehead atoms. The lowest BCUT2D eigenvalue weighted by atomic mass is 10.2. The minimum atomic E-state index is -0.499. The van der Waals surface area contributed by atoms with E-state index in [1.165, 1.54) is 12.1 Å². The standard InChI is InChI=1S/C9H11FN2O2/c10-7-1-2-8(13)6(3-7)4-12-5-9(11)14/h1-3,12-13H,4-5H2,(H2,11,14). The molecule has 0 aromatic heterocycles. The highest BCUT2D eigenvalue weighted by Crippen LogP contribution is 2.17. The van der Waals surface area contributed by atoms with Crippen LogP contribution in [0, 0.1) is 5.82 Å². The summed E-state index contributed by atoms with van der Waals surface area (Å²) < 4.78 is 12.7. The van der Waals surface area contributed by atoms with Crippen LogP contribution in [0.4, 0.5) is 4.39 Å². The molecular formula is C9H11FN2O2. The quantitative estimate of drug-likeness (QED) is 0.642. The second-order valence-electron chi connectivity index (χ2n) is 2.84.